The Morgan fingerprint density at radius 3 is 2.43 bits per heavy atom. The second-order valence-corrected chi connectivity index (χ2v) is 4.31. The summed E-state index contributed by atoms with van der Waals surface area (Å²) in [5.41, 5.74) is -1.18. The molecule has 1 N–H and O–H groups in total. The average Bonchev–Trinajstić information content (AvgIpc) is 2.47. The van der Waals surface area contributed by atoms with E-state index in [4.69, 9.17) is 11.6 Å². The molecule has 0 aromatic carbocycles. The van der Waals surface area contributed by atoms with E-state index in [1.807, 2.05) is 0 Å². The van der Waals surface area contributed by atoms with Gasteiger partial charge in [0.05, 0.1) is 9.91 Å². The highest BCUT2D eigenvalue weighted by Gasteiger charge is 2.37. The Bertz CT molecular complexity index is 345. The van der Waals surface area contributed by atoms with Gasteiger partial charge in [0.25, 0.3) is 0 Å². The lowest BCUT2D eigenvalue weighted by molar-refractivity contribution is -0.105. The van der Waals surface area contributed by atoms with Crippen molar-refractivity contribution in [2.24, 2.45) is 0 Å². The van der Waals surface area contributed by atoms with E-state index < -0.39 is 17.9 Å². The summed E-state index contributed by atoms with van der Waals surface area (Å²) in [6.07, 6.45) is -6.32. The van der Waals surface area contributed by atoms with Gasteiger partial charge in [0.15, 0.2) is 0 Å². The molecule has 0 spiro atoms. The number of halogens is 4. The Labute approximate surface area is 87.4 Å². The average molecular weight is 243 g/mol. The molecule has 0 amide bonds. The van der Waals surface area contributed by atoms with Gasteiger partial charge in [-0.2, -0.15) is 13.2 Å². The highest BCUT2D eigenvalue weighted by atomic mass is 35.5. The number of aliphatic hydroxyl groups excluding tert-OH is 1. The van der Waals surface area contributed by atoms with Gasteiger partial charge in [0, 0.05) is 4.88 Å². The summed E-state index contributed by atoms with van der Waals surface area (Å²) in [6, 6.07) is 2.77. The Balaban J connectivity index is 2.86. The topological polar surface area (TPSA) is 20.2 Å². The van der Waals surface area contributed by atoms with E-state index in [-0.39, 0.29) is 4.88 Å². The summed E-state index contributed by atoms with van der Waals surface area (Å²) in [6.45, 7) is 2.80. The van der Waals surface area contributed by atoms with E-state index in [0.29, 0.717) is 4.34 Å². The summed E-state index contributed by atoms with van der Waals surface area (Å²) >= 11 is 6.41. The SMILES string of the molecule is C=C(C(O)c1ccc(Cl)s1)C(F)(F)F. The van der Waals surface area contributed by atoms with Crippen molar-refractivity contribution in [2.75, 3.05) is 0 Å². The van der Waals surface area contributed by atoms with E-state index in [1.165, 1.54) is 12.1 Å². The molecule has 0 fully saturated rings. The van der Waals surface area contributed by atoms with Gasteiger partial charge in [-0.05, 0) is 12.1 Å². The summed E-state index contributed by atoms with van der Waals surface area (Å²) in [5.74, 6) is 0. The number of rotatable bonds is 2. The molecule has 0 bridgehead atoms. The van der Waals surface area contributed by atoms with Gasteiger partial charge >= 0.3 is 6.18 Å². The molecule has 0 saturated carbocycles. The molecule has 0 aliphatic rings. The third-order valence-electron chi connectivity index (χ3n) is 1.56. The van der Waals surface area contributed by atoms with Crippen molar-refractivity contribution in [3.63, 3.8) is 0 Å². The fraction of sp³-hybridized carbons (Fsp3) is 0.250. The van der Waals surface area contributed by atoms with Crippen LogP contribution in [0.4, 0.5) is 13.2 Å². The van der Waals surface area contributed by atoms with Crippen molar-refractivity contribution >= 4 is 22.9 Å². The first-order valence-electron chi connectivity index (χ1n) is 3.51. The molecule has 6 heteroatoms. The number of hydrogen-bond donors (Lipinski definition) is 1. The molecule has 1 nitrogen and oxygen atoms in total. The maximum Gasteiger partial charge on any atom is 0.414 e. The third-order valence-corrected chi connectivity index (χ3v) is 2.84. The molecular weight excluding hydrogens is 237 g/mol. The molecule has 78 valence electrons. The molecule has 0 aliphatic heterocycles. The standard InChI is InChI=1S/C8H6ClF3OS/c1-4(8(10,11)12)7(13)5-2-3-6(9)14-5/h2-3,7,13H,1H2. The van der Waals surface area contributed by atoms with Crippen molar-refractivity contribution in [3.8, 4) is 0 Å². The smallest absolute Gasteiger partial charge is 0.383 e. The molecule has 0 saturated heterocycles. The van der Waals surface area contributed by atoms with Crippen molar-refractivity contribution in [1.82, 2.24) is 0 Å². The summed E-state index contributed by atoms with van der Waals surface area (Å²) < 4.78 is 36.6. The molecule has 1 heterocycles. The minimum absolute atomic E-state index is 0.136. The monoisotopic (exact) mass is 242 g/mol. The van der Waals surface area contributed by atoms with E-state index in [1.54, 1.807) is 0 Å². The lowest BCUT2D eigenvalue weighted by Crippen LogP contribution is -2.16. The molecule has 0 radical (unpaired) electrons. The van der Waals surface area contributed by atoms with Crippen LogP contribution in [0.1, 0.15) is 11.0 Å². The van der Waals surface area contributed by atoms with Gasteiger partial charge in [0.1, 0.15) is 6.10 Å². The van der Waals surface area contributed by atoms with Crippen LogP contribution < -0.4 is 0 Å². The van der Waals surface area contributed by atoms with Crippen molar-refractivity contribution in [2.45, 2.75) is 12.3 Å². The quantitative estimate of drug-likeness (QED) is 0.787. The van der Waals surface area contributed by atoms with Crippen molar-refractivity contribution in [1.29, 1.82) is 0 Å². The lowest BCUT2D eigenvalue weighted by Gasteiger charge is -2.14. The van der Waals surface area contributed by atoms with Gasteiger partial charge in [-0.3, -0.25) is 0 Å². The first-order chi connectivity index (χ1) is 6.32. The normalized spacial score (nSPS) is 14.1. The number of alkyl halides is 3. The summed E-state index contributed by atoms with van der Waals surface area (Å²) in [4.78, 5) is 0.136. The fourth-order valence-electron chi connectivity index (χ4n) is 0.802. The van der Waals surface area contributed by atoms with Crippen LogP contribution in [-0.2, 0) is 0 Å². The molecule has 1 aromatic rings. The highest BCUT2D eigenvalue weighted by Crippen LogP contribution is 2.37. The number of hydrogen-bond acceptors (Lipinski definition) is 2. The van der Waals surface area contributed by atoms with Crippen LogP contribution in [0.5, 0.6) is 0 Å². The van der Waals surface area contributed by atoms with Gasteiger partial charge < -0.3 is 5.11 Å². The highest BCUT2D eigenvalue weighted by molar-refractivity contribution is 7.16. The van der Waals surface area contributed by atoms with Crippen LogP contribution in [0.2, 0.25) is 4.34 Å². The Morgan fingerprint density at radius 2 is 2.07 bits per heavy atom. The van der Waals surface area contributed by atoms with Gasteiger partial charge in [-0.15, -0.1) is 11.3 Å². The Morgan fingerprint density at radius 1 is 1.50 bits per heavy atom. The van der Waals surface area contributed by atoms with E-state index in [0.717, 1.165) is 11.3 Å². The Kier molecular flexibility index (Phi) is 3.24. The lowest BCUT2D eigenvalue weighted by atomic mass is 10.1. The molecule has 14 heavy (non-hydrogen) atoms. The molecule has 1 unspecified atom stereocenters. The summed E-state index contributed by atoms with van der Waals surface area (Å²) in [5, 5.41) is 9.27. The zero-order chi connectivity index (χ0) is 10.9. The van der Waals surface area contributed by atoms with Gasteiger partial charge in [0.2, 0.25) is 0 Å². The number of aliphatic hydroxyl groups is 1. The van der Waals surface area contributed by atoms with Crippen LogP contribution in [0.15, 0.2) is 24.3 Å². The van der Waals surface area contributed by atoms with Crippen LogP contribution in [0, 0.1) is 0 Å². The van der Waals surface area contributed by atoms with Crippen LogP contribution in [0.3, 0.4) is 0 Å². The molecule has 1 atom stereocenters. The molecule has 1 rings (SSSR count). The zero-order valence-corrected chi connectivity index (χ0v) is 8.38. The molecular formula is C8H6ClF3OS. The fourth-order valence-corrected chi connectivity index (χ4v) is 1.88. The van der Waals surface area contributed by atoms with Crippen molar-refractivity contribution < 1.29 is 18.3 Å². The van der Waals surface area contributed by atoms with E-state index in [2.05, 4.69) is 6.58 Å². The molecule has 0 aliphatic carbocycles. The maximum atomic E-state index is 12.1. The first-order valence-corrected chi connectivity index (χ1v) is 4.71. The first kappa shape index (κ1) is 11.6. The largest absolute Gasteiger partial charge is 0.414 e. The van der Waals surface area contributed by atoms with Crippen molar-refractivity contribution in [3.05, 3.63) is 33.5 Å². The van der Waals surface area contributed by atoms with Crippen LogP contribution in [-0.4, -0.2) is 11.3 Å². The second kappa shape index (κ2) is 3.92. The zero-order valence-electron chi connectivity index (χ0n) is 6.81. The Hall–Kier alpha value is -0.520. The predicted molar refractivity (Wildman–Crippen MR) is 49.5 cm³/mol. The third kappa shape index (κ3) is 2.50. The van der Waals surface area contributed by atoms with Gasteiger partial charge in [-0.1, -0.05) is 18.2 Å². The predicted octanol–water partition coefficient (Wildman–Crippen LogP) is 3.55. The van der Waals surface area contributed by atoms with E-state index >= 15 is 0 Å². The van der Waals surface area contributed by atoms with Crippen LogP contribution >= 0.6 is 22.9 Å². The maximum absolute atomic E-state index is 12.1. The molecule has 1 aromatic heterocycles. The second-order valence-electron chi connectivity index (χ2n) is 2.57. The van der Waals surface area contributed by atoms with Crippen LogP contribution in [0.25, 0.3) is 0 Å². The minimum Gasteiger partial charge on any atom is -0.383 e. The van der Waals surface area contributed by atoms with Gasteiger partial charge in [-0.25, -0.2) is 0 Å². The minimum atomic E-state index is -4.59. The summed E-state index contributed by atoms with van der Waals surface area (Å²) in [7, 11) is 0. The number of thiophene rings is 1. The van der Waals surface area contributed by atoms with E-state index in [9.17, 15) is 18.3 Å².